The van der Waals surface area contributed by atoms with E-state index < -0.39 is 11.8 Å². The van der Waals surface area contributed by atoms with Crippen molar-refractivity contribution in [2.75, 3.05) is 18.5 Å². The number of nitrogens with one attached hydrogen (secondary N) is 1. The Balaban J connectivity index is 2.06. The molecule has 1 atom stereocenters. The molecule has 1 aromatic carbocycles. The van der Waals surface area contributed by atoms with Crippen LogP contribution in [0.5, 0.6) is 0 Å². The number of hydrogen-bond donors (Lipinski definition) is 2. The van der Waals surface area contributed by atoms with Gasteiger partial charge in [-0.25, -0.2) is 0 Å². The van der Waals surface area contributed by atoms with Crippen LogP contribution in [-0.2, 0) is 9.59 Å². The minimum Gasteiger partial charge on any atom is -0.394 e. The molecule has 2 rings (SSSR count). The SMILES string of the molecule is Cc1cc(Br)ccc1NC(=O)C(=O)N1CCC[C@H]1CO. The Morgan fingerprint density at radius 1 is 1.50 bits per heavy atom. The topological polar surface area (TPSA) is 69.6 Å². The second kappa shape index (κ2) is 6.37. The van der Waals surface area contributed by atoms with Gasteiger partial charge >= 0.3 is 11.8 Å². The third kappa shape index (κ3) is 3.19. The number of aliphatic hydroxyl groups is 1. The first kappa shape index (κ1) is 15.0. The number of anilines is 1. The summed E-state index contributed by atoms with van der Waals surface area (Å²) in [6, 6.07) is 5.18. The van der Waals surface area contributed by atoms with Crippen LogP contribution in [0, 0.1) is 6.92 Å². The lowest BCUT2D eigenvalue weighted by molar-refractivity contribution is -0.144. The molecule has 6 heteroatoms. The lowest BCUT2D eigenvalue weighted by atomic mass is 10.2. The van der Waals surface area contributed by atoms with E-state index in [1.165, 1.54) is 4.90 Å². The smallest absolute Gasteiger partial charge is 0.313 e. The molecule has 0 aliphatic carbocycles. The molecule has 2 amide bonds. The Kier molecular flexibility index (Phi) is 4.77. The highest BCUT2D eigenvalue weighted by Crippen LogP contribution is 2.21. The van der Waals surface area contributed by atoms with Crippen LogP contribution in [0.2, 0.25) is 0 Å². The van der Waals surface area contributed by atoms with E-state index in [1.54, 1.807) is 12.1 Å². The zero-order valence-electron chi connectivity index (χ0n) is 11.2. The molecule has 1 aromatic rings. The maximum absolute atomic E-state index is 12.1. The standard InChI is InChI=1S/C14H17BrN2O3/c1-9-7-10(15)4-5-12(9)16-13(19)14(20)17-6-2-3-11(17)8-18/h4-5,7,11,18H,2-3,6,8H2,1H3,(H,16,19)/t11-/m0/s1. The van der Waals surface area contributed by atoms with Crippen molar-refractivity contribution >= 4 is 33.4 Å². The predicted octanol–water partition coefficient (Wildman–Crippen LogP) is 1.68. The first-order valence-electron chi connectivity index (χ1n) is 6.52. The van der Waals surface area contributed by atoms with Gasteiger partial charge in [0, 0.05) is 16.7 Å². The Bertz CT molecular complexity index is 533. The van der Waals surface area contributed by atoms with Crippen molar-refractivity contribution in [3.05, 3.63) is 28.2 Å². The Morgan fingerprint density at radius 3 is 2.90 bits per heavy atom. The van der Waals surface area contributed by atoms with E-state index in [0.29, 0.717) is 12.2 Å². The van der Waals surface area contributed by atoms with Gasteiger partial charge in [0.05, 0.1) is 12.6 Å². The summed E-state index contributed by atoms with van der Waals surface area (Å²) < 4.78 is 0.916. The monoisotopic (exact) mass is 340 g/mol. The Labute approximate surface area is 126 Å². The van der Waals surface area contributed by atoms with E-state index in [1.807, 2.05) is 13.0 Å². The van der Waals surface area contributed by atoms with Gasteiger partial charge in [0.25, 0.3) is 0 Å². The quantitative estimate of drug-likeness (QED) is 0.804. The average Bonchev–Trinajstić information content (AvgIpc) is 2.89. The van der Waals surface area contributed by atoms with Crippen LogP contribution in [0.1, 0.15) is 18.4 Å². The molecule has 0 radical (unpaired) electrons. The summed E-state index contributed by atoms with van der Waals surface area (Å²) >= 11 is 3.35. The molecule has 2 N–H and O–H groups in total. The highest BCUT2D eigenvalue weighted by molar-refractivity contribution is 9.10. The molecule has 1 saturated heterocycles. The second-order valence-corrected chi connectivity index (χ2v) is 5.81. The number of amides is 2. The van der Waals surface area contributed by atoms with Crippen molar-refractivity contribution in [3.8, 4) is 0 Å². The van der Waals surface area contributed by atoms with Crippen molar-refractivity contribution in [1.82, 2.24) is 4.90 Å². The molecule has 0 unspecified atom stereocenters. The second-order valence-electron chi connectivity index (χ2n) is 4.89. The van der Waals surface area contributed by atoms with Crippen molar-refractivity contribution < 1.29 is 14.7 Å². The van der Waals surface area contributed by atoms with Crippen LogP contribution >= 0.6 is 15.9 Å². The highest BCUT2D eigenvalue weighted by Gasteiger charge is 2.32. The first-order chi connectivity index (χ1) is 9.52. The number of halogens is 1. The number of aryl methyl sites for hydroxylation is 1. The van der Waals surface area contributed by atoms with Gasteiger partial charge in [-0.3, -0.25) is 9.59 Å². The summed E-state index contributed by atoms with van der Waals surface area (Å²) in [4.78, 5) is 25.5. The normalized spacial score (nSPS) is 18.1. The lowest BCUT2D eigenvalue weighted by Crippen LogP contribution is -2.43. The Hall–Kier alpha value is -1.40. The maximum Gasteiger partial charge on any atom is 0.313 e. The molecule has 0 saturated carbocycles. The fourth-order valence-corrected chi connectivity index (χ4v) is 2.84. The number of rotatable bonds is 2. The molecule has 1 heterocycles. The van der Waals surface area contributed by atoms with E-state index in [4.69, 9.17) is 0 Å². The van der Waals surface area contributed by atoms with Gasteiger partial charge in [-0.05, 0) is 43.5 Å². The highest BCUT2D eigenvalue weighted by atomic mass is 79.9. The van der Waals surface area contributed by atoms with E-state index in [0.717, 1.165) is 22.9 Å². The molecule has 1 aliphatic rings. The van der Waals surface area contributed by atoms with Crippen molar-refractivity contribution in [2.24, 2.45) is 0 Å². The third-order valence-electron chi connectivity index (χ3n) is 3.48. The van der Waals surface area contributed by atoms with Crippen LogP contribution in [0.15, 0.2) is 22.7 Å². The van der Waals surface area contributed by atoms with Gasteiger partial charge in [0.15, 0.2) is 0 Å². The maximum atomic E-state index is 12.1. The zero-order valence-corrected chi connectivity index (χ0v) is 12.8. The van der Waals surface area contributed by atoms with E-state index in [9.17, 15) is 14.7 Å². The molecular formula is C14H17BrN2O3. The van der Waals surface area contributed by atoms with Crippen LogP contribution in [0.3, 0.4) is 0 Å². The van der Waals surface area contributed by atoms with Crippen molar-refractivity contribution in [3.63, 3.8) is 0 Å². The summed E-state index contributed by atoms with van der Waals surface area (Å²) in [5, 5.41) is 11.8. The number of likely N-dealkylation sites (tertiary alicyclic amines) is 1. The third-order valence-corrected chi connectivity index (χ3v) is 3.97. The Morgan fingerprint density at radius 2 is 2.25 bits per heavy atom. The van der Waals surface area contributed by atoms with Gasteiger partial charge in [-0.15, -0.1) is 0 Å². The lowest BCUT2D eigenvalue weighted by Gasteiger charge is -2.22. The number of hydrogen-bond acceptors (Lipinski definition) is 3. The van der Waals surface area contributed by atoms with Gasteiger partial charge in [0.2, 0.25) is 0 Å². The van der Waals surface area contributed by atoms with E-state index >= 15 is 0 Å². The number of benzene rings is 1. The number of carbonyl (C=O) groups excluding carboxylic acids is 2. The molecular weight excluding hydrogens is 324 g/mol. The molecule has 108 valence electrons. The number of aliphatic hydroxyl groups excluding tert-OH is 1. The summed E-state index contributed by atoms with van der Waals surface area (Å²) in [6.45, 7) is 2.28. The largest absolute Gasteiger partial charge is 0.394 e. The van der Waals surface area contributed by atoms with Crippen LogP contribution in [-0.4, -0.2) is 41.0 Å². The minimum absolute atomic E-state index is 0.101. The predicted molar refractivity (Wildman–Crippen MR) is 79.3 cm³/mol. The summed E-state index contributed by atoms with van der Waals surface area (Å²) in [5.41, 5.74) is 1.49. The molecule has 1 fully saturated rings. The molecule has 0 bridgehead atoms. The van der Waals surface area contributed by atoms with Gasteiger partial charge in [0.1, 0.15) is 0 Å². The number of nitrogens with zero attached hydrogens (tertiary/aromatic N) is 1. The molecule has 1 aliphatic heterocycles. The summed E-state index contributed by atoms with van der Waals surface area (Å²) in [5.74, 6) is -1.24. The molecule has 20 heavy (non-hydrogen) atoms. The van der Waals surface area contributed by atoms with E-state index in [2.05, 4.69) is 21.2 Å². The van der Waals surface area contributed by atoms with Crippen LogP contribution < -0.4 is 5.32 Å². The van der Waals surface area contributed by atoms with Gasteiger partial charge in [-0.2, -0.15) is 0 Å². The first-order valence-corrected chi connectivity index (χ1v) is 7.31. The molecule has 0 aromatic heterocycles. The fraction of sp³-hybridized carbons (Fsp3) is 0.429. The van der Waals surface area contributed by atoms with Gasteiger partial charge in [-0.1, -0.05) is 15.9 Å². The summed E-state index contributed by atoms with van der Waals surface area (Å²) in [6.07, 6.45) is 1.56. The minimum atomic E-state index is -0.657. The molecule has 5 nitrogen and oxygen atoms in total. The zero-order chi connectivity index (χ0) is 14.7. The van der Waals surface area contributed by atoms with E-state index in [-0.39, 0.29) is 12.6 Å². The van der Waals surface area contributed by atoms with Crippen molar-refractivity contribution in [1.29, 1.82) is 0 Å². The van der Waals surface area contributed by atoms with Gasteiger partial charge < -0.3 is 15.3 Å². The van der Waals surface area contributed by atoms with Crippen molar-refractivity contribution in [2.45, 2.75) is 25.8 Å². The van der Waals surface area contributed by atoms with Crippen LogP contribution in [0.4, 0.5) is 5.69 Å². The van der Waals surface area contributed by atoms with Crippen LogP contribution in [0.25, 0.3) is 0 Å². The number of carbonyl (C=O) groups is 2. The summed E-state index contributed by atoms with van der Waals surface area (Å²) in [7, 11) is 0. The average molecular weight is 341 g/mol. The fourth-order valence-electron chi connectivity index (χ4n) is 2.37. The molecule has 0 spiro atoms.